The van der Waals surface area contributed by atoms with E-state index in [1.54, 1.807) is 11.3 Å². The first-order valence-electron chi connectivity index (χ1n) is 6.67. The molecule has 3 N–H and O–H groups in total. The average molecular weight is 437 g/mol. The summed E-state index contributed by atoms with van der Waals surface area (Å²) in [7, 11) is -3.98. The van der Waals surface area contributed by atoms with Crippen LogP contribution in [0.5, 0.6) is 0 Å². The SMILES string of the molecule is O=P(O)(O)CCCNc1nc(Cl)nc2c1sc1ccc(Br)cc12. The van der Waals surface area contributed by atoms with E-state index in [0.717, 1.165) is 24.8 Å². The van der Waals surface area contributed by atoms with Crippen LogP contribution in [-0.4, -0.2) is 32.5 Å². The number of aromatic nitrogens is 2. The first-order chi connectivity index (χ1) is 10.8. The molecular formula is C13H12BrClN3O3PS. The molecule has 2 heterocycles. The Kier molecular flexibility index (Phi) is 4.92. The van der Waals surface area contributed by atoms with Gasteiger partial charge in [-0.2, -0.15) is 4.98 Å². The molecule has 10 heteroatoms. The highest BCUT2D eigenvalue weighted by Gasteiger charge is 2.15. The molecule has 0 radical (unpaired) electrons. The van der Waals surface area contributed by atoms with E-state index >= 15 is 0 Å². The smallest absolute Gasteiger partial charge is 0.325 e. The zero-order chi connectivity index (χ0) is 16.6. The van der Waals surface area contributed by atoms with Gasteiger partial charge in [-0.25, -0.2) is 4.98 Å². The number of nitrogens with one attached hydrogen (secondary N) is 1. The molecule has 122 valence electrons. The maximum absolute atomic E-state index is 10.9. The standard InChI is InChI=1S/C13H12BrClN3O3PS/c14-7-2-3-9-8(6-7)10-11(23-9)12(18-13(15)17-10)16-4-1-5-22(19,20)21/h2-3,6H,1,4-5H2,(H,16,17,18)(H2,19,20,21). The lowest BCUT2D eigenvalue weighted by atomic mass is 10.2. The minimum atomic E-state index is -3.98. The number of hydrogen-bond acceptors (Lipinski definition) is 5. The molecule has 23 heavy (non-hydrogen) atoms. The Balaban J connectivity index is 1.94. The number of thiophene rings is 1. The molecule has 0 fully saturated rings. The summed E-state index contributed by atoms with van der Waals surface area (Å²) in [5.74, 6) is 0.586. The van der Waals surface area contributed by atoms with Gasteiger partial charge in [0.15, 0.2) is 0 Å². The van der Waals surface area contributed by atoms with Crippen LogP contribution in [0.25, 0.3) is 20.3 Å². The molecule has 0 aliphatic rings. The lowest BCUT2D eigenvalue weighted by Gasteiger charge is -2.07. The van der Waals surface area contributed by atoms with Gasteiger partial charge in [-0.3, -0.25) is 4.57 Å². The highest BCUT2D eigenvalue weighted by molar-refractivity contribution is 9.10. The van der Waals surface area contributed by atoms with E-state index in [9.17, 15) is 4.57 Å². The van der Waals surface area contributed by atoms with Crippen LogP contribution in [0.15, 0.2) is 22.7 Å². The summed E-state index contributed by atoms with van der Waals surface area (Å²) in [4.78, 5) is 26.3. The van der Waals surface area contributed by atoms with Gasteiger partial charge >= 0.3 is 7.60 Å². The van der Waals surface area contributed by atoms with Crippen molar-refractivity contribution in [1.82, 2.24) is 9.97 Å². The highest BCUT2D eigenvalue weighted by atomic mass is 79.9. The Morgan fingerprint density at radius 2 is 2.13 bits per heavy atom. The normalized spacial score (nSPS) is 12.2. The van der Waals surface area contributed by atoms with Crippen LogP contribution in [0.2, 0.25) is 5.28 Å². The summed E-state index contributed by atoms with van der Waals surface area (Å²) in [5.41, 5.74) is 0.767. The molecule has 2 aromatic heterocycles. The van der Waals surface area contributed by atoms with Gasteiger partial charge in [-0.15, -0.1) is 11.3 Å². The van der Waals surface area contributed by atoms with Crippen molar-refractivity contribution in [2.45, 2.75) is 6.42 Å². The van der Waals surface area contributed by atoms with Gasteiger partial charge in [0.25, 0.3) is 0 Å². The topological polar surface area (TPSA) is 95.3 Å². The molecule has 0 saturated heterocycles. The fourth-order valence-electron chi connectivity index (χ4n) is 2.20. The van der Waals surface area contributed by atoms with Gasteiger partial charge in [-0.1, -0.05) is 15.9 Å². The van der Waals surface area contributed by atoms with Crippen LogP contribution in [0.3, 0.4) is 0 Å². The minimum Gasteiger partial charge on any atom is -0.369 e. The predicted molar refractivity (Wildman–Crippen MR) is 97.6 cm³/mol. The van der Waals surface area contributed by atoms with Gasteiger partial charge in [0, 0.05) is 21.1 Å². The van der Waals surface area contributed by atoms with Crippen LogP contribution in [0, 0.1) is 0 Å². The lowest BCUT2D eigenvalue weighted by Crippen LogP contribution is -2.06. The van der Waals surface area contributed by atoms with E-state index in [4.69, 9.17) is 21.4 Å². The van der Waals surface area contributed by atoms with Crippen molar-refractivity contribution in [1.29, 1.82) is 0 Å². The summed E-state index contributed by atoms with van der Waals surface area (Å²) < 4.78 is 13.8. The maximum Gasteiger partial charge on any atom is 0.325 e. The van der Waals surface area contributed by atoms with Crippen LogP contribution < -0.4 is 5.32 Å². The van der Waals surface area contributed by atoms with E-state index in [2.05, 4.69) is 31.2 Å². The van der Waals surface area contributed by atoms with E-state index in [-0.39, 0.29) is 11.4 Å². The van der Waals surface area contributed by atoms with Crippen LogP contribution in [0.4, 0.5) is 5.82 Å². The minimum absolute atomic E-state index is 0.134. The van der Waals surface area contributed by atoms with Crippen LogP contribution >= 0.6 is 46.5 Å². The molecule has 0 bridgehead atoms. The quantitative estimate of drug-likeness (QED) is 0.315. The Hall–Kier alpha value is -0.760. The van der Waals surface area contributed by atoms with Crippen molar-refractivity contribution in [3.8, 4) is 0 Å². The fourth-order valence-corrected chi connectivity index (χ4v) is 4.39. The summed E-state index contributed by atoms with van der Waals surface area (Å²) >= 11 is 11.0. The number of nitrogens with zero attached hydrogens (tertiary/aromatic N) is 2. The molecule has 0 saturated carbocycles. The maximum atomic E-state index is 10.9. The summed E-state index contributed by atoms with van der Waals surface area (Å²) in [6.45, 7) is 0.394. The lowest BCUT2D eigenvalue weighted by molar-refractivity contribution is 0.372. The number of anilines is 1. The Bertz CT molecular complexity index is 930. The molecule has 0 aliphatic carbocycles. The zero-order valence-corrected chi connectivity index (χ0v) is 15.7. The molecule has 0 spiro atoms. The Labute approximate surface area is 149 Å². The van der Waals surface area contributed by atoms with E-state index in [1.807, 2.05) is 18.2 Å². The van der Waals surface area contributed by atoms with Crippen molar-refractivity contribution < 1.29 is 14.4 Å². The zero-order valence-electron chi connectivity index (χ0n) is 11.7. The van der Waals surface area contributed by atoms with E-state index in [1.165, 1.54) is 0 Å². The average Bonchev–Trinajstić information content (AvgIpc) is 2.80. The molecule has 0 atom stereocenters. The number of rotatable bonds is 5. The second-order valence-electron chi connectivity index (χ2n) is 4.93. The molecule has 0 amide bonds. The Morgan fingerprint density at radius 1 is 1.35 bits per heavy atom. The second kappa shape index (κ2) is 6.63. The number of halogens is 2. The third-order valence-electron chi connectivity index (χ3n) is 3.17. The van der Waals surface area contributed by atoms with Crippen molar-refractivity contribution in [2.24, 2.45) is 0 Å². The Morgan fingerprint density at radius 3 is 2.87 bits per heavy atom. The van der Waals surface area contributed by atoms with Crippen molar-refractivity contribution in [3.05, 3.63) is 28.0 Å². The molecular weight excluding hydrogens is 425 g/mol. The third kappa shape index (κ3) is 4.02. The highest BCUT2D eigenvalue weighted by Crippen LogP contribution is 2.38. The van der Waals surface area contributed by atoms with Gasteiger partial charge < -0.3 is 15.1 Å². The van der Waals surface area contributed by atoms with Crippen molar-refractivity contribution >= 4 is 72.6 Å². The number of fused-ring (bicyclic) bond motifs is 3. The van der Waals surface area contributed by atoms with Crippen LogP contribution in [0.1, 0.15) is 6.42 Å². The molecule has 3 aromatic rings. The predicted octanol–water partition coefficient (Wildman–Crippen LogP) is 4.24. The molecule has 1 aromatic carbocycles. The van der Waals surface area contributed by atoms with Crippen molar-refractivity contribution in [2.75, 3.05) is 18.0 Å². The summed E-state index contributed by atoms with van der Waals surface area (Å²) in [5, 5.41) is 4.22. The largest absolute Gasteiger partial charge is 0.369 e. The molecule has 0 unspecified atom stereocenters. The van der Waals surface area contributed by atoms with Gasteiger partial charge in [-0.05, 0) is 36.2 Å². The number of benzene rings is 1. The first-order valence-corrected chi connectivity index (χ1v) is 10.5. The third-order valence-corrected chi connectivity index (χ3v) is 5.89. The van der Waals surface area contributed by atoms with E-state index < -0.39 is 7.60 Å². The summed E-state index contributed by atoms with van der Waals surface area (Å²) in [6, 6.07) is 5.94. The fraction of sp³-hybridized carbons (Fsp3) is 0.231. The molecule has 6 nitrogen and oxygen atoms in total. The van der Waals surface area contributed by atoms with E-state index in [0.29, 0.717) is 18.8 Å². The van der Waals surface area contributed by atoms with Gasteiger partial charge in [0.05, 0.1) is 16.4 Å². The van der Waals surface area contributed by atoms with Gasteiger partial charge in [0.2, 0.25) is 5.28 Å². The first kappa shape index (κ1) is 17.1. The molecule has 0 aliphatic heterocycles. The second-order valence-corrected chi connectivity index (χ2v) is 9.01. The van der Waals surface area contributed by atoms with Crippen molar-refractivity contribution in [3.63, 3.8) is 0 Å². The van der Waals surface area contributed by atoms with Gasteiger partial charge in [0.1, 0.15) is 5.82 Å². The monoisotopic (exact) mass is 435 g/mol. The molecule has 3 rings (SSSR count). The number of hydrogen-bond donors (Lipinski definition) is 3. The van der Waals surface area contributed by atoms with Crippen LogP contribution in [-0.2, 0) is 4.57 Å². The summed E-state index contributed by atoms with van der Waals surface area (Å²) in [6.07, 6.45) is 0.172.